The molecule has 0 radical (unpaired) electrons. The fourth-order valence-corrected chi connectivity index (χ4v) is 2.35. The molecule has 0 aromatic heterocycles. The van der Waals surface area contributed by atoms with Gasteiger partial charge in [-0.1, -0.05) is 25.1 Å². The van der Waals surface area contributed by atoms with Gasteiger partial charge in [-0.3, -0.25) is 4.90 Å². The highest BCUT2D eigenvalue weighted by Crippen LogP contribution is 2.33. The number of alkyl halides is 3. The Balaban J connectivity index is 2.16. The van der Waals surface area contributed by atoms with Gasteiger partial charge < -0.3 is 14.6 Å². The molecular formula is C14H18F3NO3. The van der Waals surface area contributed by atoms with E-state index in [1.807, 2.05) is 6.92 Å². The first-order valence-corrected chi connectivity index (χ1v) is 6.77. The van der Waals surface area contributed by atoms with E-state index in [4.69, 9.17) is 4.74 Å². The van der Waals surface area contributed by atoms with E-state index in [0.29, 0.717) is 13.2 Å². The van der Waals surface area contributed by atoms with Crippen molar-refractivity contribution in [2.75, 3.05) is 26.2 Å². The Morgan fingerprint density at radius 2 is 2.14 bits per heavy atom. The van der Waals surface area contributed by atoms with Crippen LogP contribution < -0.4 is 4.74 Å². The molecule has 7 heteroatoms. The normalized spacial score (nSPS) is 22.0. The Morgan fingerprint density at radius 1 is 1.43 bits per heavy atom. The van der Waals surface area contributed by atoms with Crippen LogP contribution in [-0.2, 0) is 4.74 Å². The van der Waals surface area contributed by atoms with Crippen molar-refractivity contribution in [1.82, 2.24) is 4.90 Å². The summed E-state index contributed by atoms with van der Waals surface area (Å²) in [4.78, 5) is 2.07. The molecular weight excluding hydrogens is 287 g/mol. The number of hydrogen-bond acceptors (Lipinski definition) is 4. The highest BCUT2D eigenvalue weighted by molar-refractivity contribution is 5.36. The molecule has 1 saturated heterocycles. The van der Waals surface area contributed by atoms with Gasteiger partial charge in [0.2, 0.25) is 0 Å². The predicted octanol–water partition coefficient (Wildman–Crippen LogP) is 2.34. The number of nitrogens with zero attached hydrogens (tertiary/aromatic N) is 1. The molecule has 0 saturated carbocycles. The van der Waals surface area contributed by atoms with E-state index >= 15 is 0 Å². The lowest BCUT2D eigenvalue weighted by molar-refractivity contribution is -0.275. The first-order valence-electron chi connectivity index (χ1n) is 6.77. The number of morpholine rings is 1. The van der Waals surface area contributed by atoms with Crippen molar-refractivity contribution in [2.45, 2.75) is 25.5 Å². The van der Waals surface area contributed by atoms with Gasteiger partial charge in [0.05, 0.1) is 6.61 Å². The first kappa shape index (κ1) is 16.1. The summed E-state index contributed by atoms with van der Waals surface area (Å²) in [6, 6.07) is 5.59. The lowest BCUT2D eigenvalue weighted by Gasteiger charge is -2.35. The van der Waals surface area contributed by atoms with Gasteiger partial charge in [0.1, 0.15) is 18.0 Å². The zero-order chi connectivity index (χ0) is 15.5. The smallest absolute Gasteiger partial charge is 0.405 e. The Morgan fingerprint density at radius 3 is 2.81 bits per heavy atom. The minimum Gasteiger partial charge on any atom is -0.405 e. The van der Waals surface area contributed by atoms with Crippen LogP contribution >= 0.6 is 0 Å². The maximum atomic E-state index is 12.4. The van der Waals surface area contributed by atoms with E-state index in [1.54, 1.807) is 6.07 Å². The molecule has 2 unspecified atom stereocenters. The average molecular weight is 305 g/mol. The van der Waals surface area contributed by atoms with E-state index in [0.717, 1.165) is 13.1 Å². The highest BCUT2D eigenvalue weighted by atomic mass is 19.4. The molecule has 1 aliphatic rings. The summed E-state index contributed by atoms with van der Waals surface area (Å²) in [7, 11) is 0. The maximum absolute atomic E-state index is 12.4. The van der Waals surface area contributed by atoms with E-state index in [2.05, 4.69) is 9.64 Å². The van der Waals surface area contributed by atoms with Crippen LogP contribution in [-0.4, -0.2) is 48.7 Å². The molecule has 118 valence electrons. The maximum Gasteiger partial charge on any atom is 0.573 e. The molecule has 0 aliphatic carbocycles. The van der Waals surface area contributed by atoms with Gasteiger partial charge in [0, 0.05) is 18.7 Å². The van der Waals surface area contributed by atoms with Gasteiger partial charge in [-0.15, -0.1) is 13.2 Å². The number of para-hydroxylation sites is 1. The fourth-order valence-electron chi connectivity index (χ4n) is 2.35. The molecule has 1 aromatic carbocycles. The third-order valence-electron chi connectivity index (χ3n) is 3.44. The van der Waals surface area contributed by atoms with Crippen LogP contribution in [0.5, 0.6) is 5.75 Å². The van der Waals surface area contributed by atoms with Crippen LogP contribution in [0.15, 0.2) is 24.3 Å². The Bertz CT molecular complexity index is 467. The van der Waals surface area contributed by atoms with Crippen LogP contribution in [0, 0.1) is 0 Å². The van der Waals surface area contributed by atoms with Gasteiger partial charge in [-0.25, -0.2) is 0 Å². The molecule has 0 spiro atoms. The van der Waals surface area contributed by atoms with Crippen LogP contribution in [0.1, 0.15) is 18.6 Å². The second-order valence-corrected chi connectivity index (χ2v) is 4.83. The topological polar surface area (TPSA) is 41.9 Å². The van der Waals surface area contributed by atoms with Crippen molar-refractivity contribution in [3.63, 3.8) is 0 Å². The SMILES string of the molecule is CCN1CCOC(C(O)c2ccccc2OC(F)(F)F)C1. The molecule has 0 bridgehead atoms. The quantitative estimate of drug-likeness (QED) is 0.927. The van der Waals surface area contributed by atoms with Gasteiger partial charge in [0.25, 0.3) is 0 Å². The van der Waals surface area contributed by atoms with Crippen molar-refractivity contribution >= 4 is 0 Å². The minimum atomic E-state index is -4.79. The first-order chi connectivity index (χ1) is 9.90. The summed E-state index contributed by atoms with van der Waals surface area (Å²) in [5.41, 5.74) is 0.0813. The molecule has 2 atom stereocenters. The average Bonchev–Trinajstić information content (AvgIpc) is 2.45. The van der Waals surface area contributed by atoms with Crippen molar-refractivity contribution in [2.24, 2.45) is 0 Å². The number of aliphatic hydroxyl groups is 1. The Labute approximate surface area is 121 Å². The minimum absolute atomic E-state index is 0.0813. The number of halogens is 3. The van der Waals surface area contributed by atoms with E-state index in [1.165, 1.54) is 18.2 Å². The lowest BCUT2D eigenvalue weighted by Crippen LogP contribution is -2.44. The molecule has 4 nitrogen and oxygen atoms in total. The molecule has 1 fully saturated rings. The summed E-state index contributed by atoms with van der Waals surface area (Å²) >= 11 is 0. The molecule has 2 rings (SSSR count). The number of rotatable bonds is 4. The zero-order valence-electron chi connectivity index (χ0n) is 11.6. The second kappa shape index (κ2) is 6.64. The van der Waals surface area contributed by atoms with Gasteiger partial charge in [-0.2, -0.15) is 0 Å². The Kier molecular flexibility index (Phi) is 5.08. The third-order valence-corrected chi connectivity index (χ3v) is 3.44. The number of hydrogen-bond donors (Lipinski definition) is 1. The summed E-state index contributed by atoms with van der Waals surface area (Å²) in [6.45, 7) is 4.44. The van der Waals surface area contributed by atoms with Gasteiger partial charge in [0.15, 0.2) is 0 Å². The molecule has 1 heterocycles. The molecule has 1 aliphatic heterocycles. The second-order valence-electron chi connectivity index (χ2n) is 4.83. The van der Waals surface area contributed by atoms with Crippen molar-refractivity contribution in [3.05, 3.63) is 29.8 Å². The van der Waals surface area contributed by atoms with E-state index in [9.17, 15) is 18.3 Å². The molecule has 1 aromatic rings. The summed E-state index contributed by atoms with van der Waals surface area (Å²) in [6.07, 6.45) is -6.53. The zero-order valence-corrected chi connectivity index (χ0v) is 11.6. The fraction of sp³-hybridized carbons (Fsp3) is 0.571. The van der Waals surface area contributed by atoms with Crippen LogP contribution in [0.3, 0.4) is 0 Å². The standard InChI is InChI=1S/C14H18F3NO3/c1-2-18-7-8-20-12(9-18)13(19)10-5-3-4-6-11(10)21-14(15,16)17/h3-6,12-13,19H,2,7-9H2,1H3. The van der Waals surface area contributed by atoms with Crippen LogP contribution in [0.4, 0.5) is 13.2 Å². The Hall–Kier alpha value is -1.31. The number of ether oxygens (including phenoxy) is 2. The number of aliphatic hydroxyl groups excluding tert-OH is 1. The van der Waals surface area contributed by atoms with Crippen LogP contribution in [0.2, 0.25) is 0 Å². The number of benzene rings is 1. The van der Waals surface area contributed by atoms with Crippen molar-refractivity contribution in [3.8, 4) is 5.75 Å². The third kappa shape index (κ3) is 4.33. The predicted molar refractivity (Wildman–Crippen MR) is 69.9 cm³/mol. The molecule has 0 amide bonds. The largest absolute Gasteiger partial charge is 0.573 e. The number of likely N-dealkylation sites (N-methyl/N-ethyl adjacent to an activating group) is 1. The summed E-state index contributed by atoms with van der Waals surface area (Å²) in [5, 5.41) is 10.3. The van der Waals surface area contributed by atoms with Crippen LogP contribution in [0.25, 0.3) is 0 Å². The lowest BCUT2D eigenvalue weighted by atomic mass is 10.0. The van der Waals surface area contributed by atoms with Gasteiger partial charge in [-0.05, 0) is 12.6 Å². The highest BCUT2D eigenvalue weighted by Gasteiger charge is 2.35. The van der Waals surface area contributed by atoms with Gasteiger partial charge >= 0.3 is 6.36 Å². The summed E-state index contributed by atoms with van der Waals surface area (Å²) in [5.74, 6) is -0.394. The molecule has 21 heavy (non-hydrogen) atoms. The monoisotopic (exact) mass is 305 g/mol. The van der Waals surface area contributed by atoms with E-state index < -0.39 is 24.3 Å². The molecule has 1 N–H and O–H groups in total. The van der Waals surface area contributed by atoms with E-state index in [-0.39, 0.29) is 5.56 Å². The van der Waals surface area contributed by atoms with Crippen molar-refractivity contribution in [1.29, 1.82) is 0 Å². The summed E-state index contributed by atoms with van der Waals surface area (Å²) < 4.78 is 46.7. The van der Waals surface area contributed by atoms with Crippen molar-refractivity contribution < 1.29 is 27.8 Å².